The Bertz CT molecular complexity index is 580. The molecule has 1 aromatic carbocycles. The molecule has 0 radical (unpaired) electrons. The van der Waals surface area contributed by atoms with Crippen LogP contribution in [0.25, 0.3) is 10.9 Å². The summed E-state index contributed by atoms with van der Waals surface area (Å²) >= 11 is 5.93. The molecule has 4 nitrogen and oxygen atoms in total. The van der Waals surface area contributed by atoms with Gasteiger partial charge in [0.1, 0.15) is 0 Å². The zero-order chi connectivity index (χ0) is 11.7. The molecule has 1 heterocycles. The number of hydrogen-bond acceptors (Lipinski definition) is 3. The lowest BCUT2D eigenvalue weighted by Crippen LogP contribution is -2.25. The standard InChI is InChI=1S/C11H11ClN2O2/c1-7(5-15)14-6-13-10-8(11(14)16)3-2-4-9(10)12/h2-4,6-7,15H,5H2,1H3. The van der Waals surface area contributed by atoms with Crippen LogP contribution in [0.3, 0.4) is 0 Å². The van der Waals surface area contributed by atoms with Crippen LogP contribution in [0.2, 0.25) is 5.02 Å². The van der Waals surface area contributed by atoms with Gasteiger partial charge in [-0.25, -0.2) is 4.98 Å². The minimum absolute atomic E-state index is 0.104. The van der Waals surface area contributed by atoms with E-state index in [0.717, 1.165) is 0 Å². The average Bonchev–Trinajstić information content (AvgIpc) is 2.30. The highest BCUT2D eigenvalue weighted by atomic mass is 35.5. The van der Waals surface area contributed by atoms with Gasteiger partial charge in [-0.1, -0.05) is 17.7 Å². The minimum Gasteiger partial charge on any atom is -0.394 e. The molecule has 0 fully saturated rings. The fraction of sp³-hybridized carbons (Fsp3) is 0.273. The molecule has 5 heteroatoms. The number of aromatic nitrogens is 2. The van der Waals surface area contributed by atoms with Gasteiger partial charge in [0.25, 0.3) is 5.56 Å². The van der Waals surface area contributed by atoms with Crippen LogP contribution < -0.4 is 5.56 Å². The minimum atomic E-state index is -0.289. The maximum atomic E-state index is 12.0. The average molecular weight is 239 g/mol. The summed E-state index contributed by atoms with van der Waals surface area (Å²) in [6, 6.07) is 4.79. The summed E-state index contributed by atoms with van der Waals surface area (Å²) in [6.45, 7) is 1.65. The van der Waals surface area contributed by atoms with E-state index in [0.29, 0.717) is 15.9 Å². The topological polar surface area (TPSA) is 55.1 Å². The van der Waals surface area contributed by atoms with E-state index in [1.165, 1.54) is 10.9 Å². The Balaban J connectivity index is 2.76. The van der Waals surface area contributed by atoms with Crippen molar-refractivity contribution in [2.75, 3.05) is 6.61 Å². The fourth-order valence-electron chi connectivity index (χ4n) is 1.53. The van der Waals surface area contributed by atoms with Crippen molar-refractivity contribution in [3.8, 4) is 0 Å². The number of fused-ring (bicyclic) bond motifs is 1. The summed E-state index contributed by atoms with van der Waals surface area (Å²) < 4.78 is 1.40. The number of hydrogen-bond donors (Lipinski definition) is 1. The first kappa shape index (κ1) is 11.1. The summed E-state index contributed by atoms with van der Waals surface area (Å²) in [4.78, 5) is 16.2. The van der Waals surface area contributed by atoms with E-state index < -0.39 is 0 Å². The molecule has 2 aromatic rings. The summed E-state index contributed by atoms with van der Waals surface area (Å²) in [5, 5.41) is 9.95. The first-order chi connectivity index (χ1) is 7.65. The molecule has 1 N–H and O–H groups in total. The van der Waals surface area contributed by atoms with Gasteiger partial charge in [-0.15, -0.1) is 0 Å². The highest BCUT2D eigenvalue weighted by molar-refractivity contribution is 6.34. The summed E-state index contributed by atoms with van der Waals surface area (Å²) in [5.41, 5.74) is 0.310. The van der Waals surface area contributed by atoms with Crippen molar-refractivity contribution in [2.24, 2.45) is 0 Å². The van der Waals surface area contributed by atoms with Gasteiger partial charge >= 0.3 is 0 Å². The van der Waals surface area contributed by atoms with Crippen LogP contribution in [-0.2, 0) is 0 Å². The fourth-order valence-corrected chi connectivity index (χ4v) is 1.76. The highest BCUT2D eigenvalue weighted by Gasteiger charge is 2.10. The van der Waals surface area contributed by atoms with Crippen LogP contribution in [0.15, 0.2) is 29.3 Å². The highest BCUT2D eigenvalue weighted by Crippen LogP contribution is 2.18. The first-order valence-corrected chi connectivity index (χ1v) is 5.29. The molecular weight excluding hydrogens is 228 g/mol. The number of aliphatic hydroxyl groups excluding tert-OH is 1. The molecule has 0 saturated carbocycles. The third-order valence-corrected chi connectivity index (χ3v) is 2.81. The predicted molar refractivity (Wildman–Crippen MR) is 62.8 cm³/mol. The van der Waals surface area contributed by atoms with E-state index in [-0.39, 0.29) is 18.2 Å². The molecule has 0 aliphatic rings. The molecule has 1 aromatic heterocycles. The Hall–Kier alpha value is -1.39. The number of para-hydroxylation sites is 1. The van der Waals surface area contributed by atoms with Crippen molar-refractivity contribution >= 4 is 22.5 Å². The number of halogens is 1. The van der Waals surface area contributed by atoms with E-state index in [4.69, 9.17) is 16.7 Å². The van der Waals surface area contributed by atoms with Crippen molar-refractivity contribution < 1.29 is 5.11 Å². The number of nitrogens with zero attached hydrogens (tertiary/aromatic N) is 2. The summed E-state index contributed by atoms with van der Waals surface area (Å²) in [6.07, 6.45) is 1.41. The second-order valence-electron chi connectivity index (χ2n) is 3.62. The van der Waals surface area contributed by atoms with Crippen LogP contribution in [-0.4, -0.2) is 21.3 Å². The summed E-state index contributed by atoms with van der Waals surface area (Å²) in [5.74, 6) is 0. The maximum Gasteiger partial charge on any atom is 0.261 e. The van der Waals surface area contributed by atoms with E-state index >= 15 is 0 Å². The van der Waals surface area contributed by atoms with Crippen LogP contribution in [0.5, 0.6) is 0 Å². The molecule has 0 saturated heterocycles. The van der Waals surface area contributed by atoms with Crippen molar-refractivity contribution in [1.82, 2.24) is 9.55 Å². The number of rotatable bonds is 2. The predicted octanol–water partition coefficient (Wildman–Crippen LogP) is 1.60. The van der Waals surface area contributed by atoms with Crippen LogP contribution in [0.4, 0.5) is 0 Å². The molecule has 16 heavy (non-hydrogen) atoms. The molecule has 84 valence electrons. The normalized spacial score (nSPS) is 12.9. The monoisotopic (exact) mass is 238 g/mol. The van der Waals surface area contributed by atoms with Gasteiger partial charge in [-0.05, 0) is 19.1 Å². The number of aliphatic hydroxyl groups is 1. The quantitative estimate of drug-likeness (QED) is 0.865. The molecule has 2 rings (SSSR count). The van der Waals surface area contributed by atoms with Crippen molar-refractivity contribution in [3.63, 3.8) is 0 Å². The van der Waals surface area contributed by atoms with Crippen LogP contribution >= 0.6 is 11.6 Å². The van der Waals surface area contributed by atoms with Crippen molar-refractivity contribution in [3.05, 3.63) is 39.9 Å². The molecule has 0 spiro atoms. The van der Waals surface area contributed by atoms with Crippen molar-refractivity contribution in [1.29, 1.82) is 0 Å². The molecule has 0 amide bonds. The Morgan fingerprint density at radius 2 is 2.31 bits per heavy atom. The van der Waals surface area contributed by atoms with Crippen LogP contribution in [0, 0.1) is 0 Å². The largest absolute Gasteiger partial charge is 0.394 e. The second kappa shape index (κ2) is 4.23. The molecular formula is C11H11ClN2O2. The Morgan fingerprint density at radius 3 is 3.00 bits per heavy atom. The Morgan fingerprint density at radius 1 is 1.56 bits per heavy atom. The van der Waals surface area contributed by atoms with Gasteiger partial charge < -0.3 is 5.11 Å². The lowest BCUT2D eigenvalue weighted by atomic mass is 10.2. The van der Waals surface area contributed by atoms with Crippen molar-refractivity contribution in [2.45, 2.75) is 13.0 Å². The molecule has 0 aliphatic heterocycles. The molecule has 1 unspecified atom stereocenters. The van der Waals surface area contributed by atoms with Gasteiger partial charge in [0.2, 0.25) is 0 Å². The maximum absolute atomic E-state index is 12.0. The van der Waals surface area contributed by atoms with E-state index in [1.807, 2.05) is 0 Å². The lowest BCUT2D eigenvalue weighted by molar-refractivity contribution is 0.236. The van der Waals surface area contributed by atoms with E-state index in [1.54, 1.807) is 25.1 Å². The van der Waals surface area contributed by atoms with Gasteiger partial charge in [-0.3, -0.25) is 9.36 Å². The Labute approximate surface area is 97.1 Å². The lowest BCUT2D eigenvalue weighted by Gasteiger charge is -2.12. The van der Waals surface area contributed by atoms with Gasteiger partial charge in [0.05, 0.1) is 34.9 Å². The SMILES string of the molecule is CC(CO)n1cnc2c(Cl)cccc2c1=O. The zero-order valence-corrected chi connectivity index (χ0v) is 9.48. The molecule has 0 bridgehead atoms. The third kappa shape index (κ3) is 1.70. The van der Waals surface area contributed by atoms with E-state index in [9.17, 15) is 4.79 Å². The third-order valence-electron chi connectivity index (χ3n) is 2.50. The Kier molecular flexibility index (Phi) is 2.94. The second-order valence-corrected chi connectivity index (χ2v) is 4.03. The number of benzene rings is 1. The molecule has 0 aliphatic carbocycles. The zero-order valence-electron chi connectivity index (χ0n) is 8.72. The first-order valence-electron chi connectivity index (χ1n) is 4.91. The van der Waals surface area contributed by atoms with E-state index in [2.05, 4.69) is 4.98 Å². The van der Waals surface area contributed by atoms with Gasteiger partial charge in [0, 0.05) is 0 Å². The smallest absolute Gasteiger partial charge is 0.261 e. The van der Waals surface area contributed by atoms with Gasteiger partial charge in [0.15, 0.2) is 0 Å². The summed E-state index contributed by atoms with van der Waals surface area (Å²) in [7, 11) is 0. The van der Waals surface area contributed by atoms with Crippen LogP contribution in [0.1, 0.15) is 13.0 Å². The van der Waals surface area contributed by atoms with Gasteiger partial charge in [-0.2, -0.15) is 0 Å². The molecule has 1 atom stereocenters.